The largest absolute Gasteiger partial charge is 0.434 e. The number of aryl methyl sites for hydroxylation is 2. The number of fused-ring (bicyclic) bond motifs is 3. The van der Waals surface area contributed by atoms with Crippen molar-refractivity contribution in [3.63, 3.8) is 0 Å². The first-order valence-corrected chi connectivity index (χ1v) is 11.0. The van der Waals surface area contributed by atoms with Gasteiger partial charge in [0.25, 0.3) is 0 Å². The van der Waals surface area contributed by atoms with E-state index in [2.05, 4.69) is 15.2 Å². The number of aromatic nitrogens is 3. The van der Waals surface area contributed by atoms with E-state index < -0.39 is 12.7 Å². The summed E-state index contributed by atoms with van der Waals surface area (Å²) in [6, 6.07) is 14.0. The first kappa shape index (κ1) is 22.6. The van der Waals surface area contributed by atoms with Gasteiger partial charge in [0, 0.05) is 28.8 Å². The number of ether oxygens (including phenoxy) is 1. The van der Waals surface area contributed by atoms with Crippen molar-refractivity contribution in [3.8, 4) is 5.75 Å². The molecule has 2 heterocycles. The second kappa shape index (κ2) is 9.52. The van der Waals surface area contributed by atoms with E-state index in [1.807, 2.05) is 49.6 Å². The van der Waals surface area contributed by atoms with Crippen LogP contribution in [0.15, 0.2) is 48.5 Å². The molecule has 0 bridgehead atoms. The van der Waals surface area contributed by atoms with Crippen molar-refractivity contribution in [1.82, 2.24) is 19.9 Å². The molecule has 1 amide bonds. The van der Waals surface area contributed by atoms with Crippen LogP contribution in [0.1, 0.15) is 48.3 Å². The van der Waals surface area contributed by atoms with Gasteiger partial charge in [-0.1, -0.05) is 37.3 Å². The minimum absolute atomic E-state index is 0.0757. The molecule has 2 aromatic carbocycles. The maximum Gasteiger partial charge on any atom is 0.387 e. The van der Waals surface area contributed by atoms with Crippen LogP contribution in [-0.4, -0.2) is 27.1 Å². The summed E-state index contributed by atoms with van der Waals surface area (Å²) >= 11 is 0. The third-order valence-corrected chi connectivity index (χ3v) is 5.87. The van der Waals surface area contributed by atoms with E-state index in [0.717, 1.165) is 33.5 Å². The number of rotatable bonds is 8. The normalized spacial score (nSPS) is 12.4. The Morgan fingerprint density at radius 3 is 2.61 bits per heavy atom. The van der Waals surface area contributed by atoms with Crippen LogP contribution in [0.2, 0.25) is 0 Å². The summed E-state index contributed by atoms with van der Waals surface area (Å²) in [5, 5.41) is 8.60. The van der Waals surface area contributed by atoms with Crippen molar-refractivity contribution in [2.45, 2.75) is 52.7 Å². The predicted octanol–water partition coefficient (Wildman–Crippen LogP) is 5.30. The maximum atomic E-state index is 12.8. The Hall–Kier alpha value is -3.55. The SMILES string of the molecule is CCC(NC(=O)CCc1c(C)nc2c3ccccc3nn2c1C)c1ccccc1OC(F)F. The molecule has 0 aliphatic rings. The topological polar surface area (TPSA) is 68.5 Å². The fraction of sp³-hybridized carbons (Fsp3) is 0.320. The van der Waals surface area contributed by atoms with Gasteiger partial charge >= 0.3 is 6.61 Å². The molecule has 0 saturated heterocycles. The highest BCUT2D eigenvalue weighted by Crippen LogP contribution is 2.29. The number of nitrogens with one attached hydrogen (secondary N) is 1. The van der Waals surface area contributed by atoms with Gasteiger partial charge in [-0.2, -0.15) is 13.9 Å². The number of hydrogen-bond acceptors (Lipinski definition) is 4. The Bertz CT molecular complexity index is 1300. The zero-order valence-corrected chi connectivity index (χ0v) is 18.8. The molecule has 172 valence electrons. The first-order valence-electron chi connectivity index (χ1n) is 11.0. The zero-order chi connectivity index (χ0) is 23.5. The Kier molecular flexibility index (Phi) is 6.53. The van der Waals surface area contributed by atoms with Crippen molar-refractivity contribution < 1.29 is 18.3 Å². The molecule has 33 heavy (non-hydrogen) atoms. The van der Waals surface area contributed by atoms with Gasteiger partial charge in [0.05, 0.1) is 11.6 Å². The van der Waals surface area contributed by atoms with Crippen LogP contribution < -0.4 is 10.1 Å². The fourth-order valence-corrected chi connectivity index (χ4v) is 4.21. The standard InChI is InChI=1S/C25H26F2N4O2/c1-4-20(18-9-6-8-12-22(18)33-25(26)27)29-23(32)14-13-17-15(2)28-24-19-10-5-7-11-21(19)30-31(24)16(17)3/h5-12,20,25H,4,13-14H2,1-3H3,(H,29,32). The molecule has 6 nitrogen and oxygen atoms in total. The summed E-state index contributed by atoms with van der Waals surface area (Å²) in [7, 11) is 0. The van der Waals surface area contributed by atoms with Crippen LogP contribution in [0.25, 0.3) is 16.6 Å². The molecule has 0 aliphatic heterocycles. The van der Waals surface area contributed by atoms with E-state index in [9.17, 15) is 13.6 Å². The highest BCUT2D eigenvalue weighted by Gasteiger charge is 2.20. The van der Waals surface area contributed by atoms with Crippen molar-refractivity contribution in [2.24, 2.45) is 0 Å². The Morgan fingerprint density at radius 2 is 1.85 bits per heavy atom. The molecule has 0 spiro atoms. The summed E-state index contributed by atoms with van der Waals surface area (Å²) in [5.74, 6) is -0.0926. The summed E-state index contributed by atoms with van der Waals surface area (Å²) in [6.45, 7) is 2.88. The molecular weight excluding hydrogens is 426 g/mol. The number of carbonyl (C=O) groups excluding carboxylic acids is 1. The van der Waals surface area contributed by atoms with Gasteiger partial charge in [-0.3, -0.25) is 4.79 Å². The zero-order valence-electron chi connectivity index (χ0n) is 18.8. The molecule has 1 unspecified atom stereocenters. The van der Waals surface area contributed by atoms with Gasteiger partial charge in [0.15, 0.2) is 5.65 Å². The highest BCUT2D eigenvalue weighted by molar-refractivity contribution is 5.92. The number of halogens is 2. The Labute approximate surface area is 190 Å². The third-order valence-electron chi connectivity index (χ3n) is 5.87. The van der Waals surface area contributed by atoms with Gasteiger partial charge in [-0.05, 0) is 50.5 Å². The molecule has 8 heteroatoms. The van der Waals surface area contributed by atoms with Crippen LogP contribution in [0, 0.1) is 13.8 Å². The fourth-order valence-electron chi connectivity index (χ4n) is 4.21. The van der Waals surface area contributed by atoms with Crippen LogP contribution in [0.3, 0.4) is 0 Å². The molecular formula is C25H26F2N4O2. The molecule has 4 aromatic rings. The average Bonchev–Trinajstić information content (AvgIpc) is 3.16. The van der Waals surface area contributed by atoms with Gasteiger partial charge in [0.1, 0.15) is 5.75 Å². The molecule has 0 fully saturated rings. The lowest BCUT2D eigenvalue weighted by atomic mass is 10.0. The second-order valence-electron chi connectivity index (χ2n) is 7.96. The number of amides is 1. The number of carbonyl (C=O) groups is 1. The number of benzene rings is 2. The van der Waals surface area contributed by atoms with E-state index in [0.29, 0.717) is 18.4 Å². The average molecular weight is 453 g/mol. The maximum absolute atomic E-state index is 12.8. The highest BCUT2D eigenvalue weighted by atomic mass is 19.3. The summed E-state index contributed by atoms with van der Waals surface area (Å²) in [4.78, 5) is 17.5. The lowest BCUT2D eigenvalue weighted by Gasteiger charge is -2.21. The van der Waals surface area contributed by atoms with Crippen molar-refractivity contribution in [2.75, 3.05) is 0 Å². The predicted molar refractivity (Wildman–Crippen MR) is 123 cm³/mol. The van der Waals surface area contributed by atoms with Crippen LogP contribution in [0.5, 0.6) is 5.75 Å². The molecule has 1 N–H and O–H groups in total. The molecule has 0 saturated carbocycles. The third kappa shape index (κ3) is 4.65. The number of nitrogens with zero attached hydrogens (tertiary/aromatic N) is 3. The first-order chi connectivity index (χ1) is 15.9. The quantitative estimate of drug-likeness (QED) is 0.394. The molecule has 4 rings (SSSR count). The summed E-state index contributed by atoms with van der Waals surface area (Å²) in [6.07, 6.45) is 1.28. The smallest absolute Gasteiger partial charge is 0.387 e. The number of hydrogen-bond donors (Lipinski definition) is 1. The molecule has 1 atom stereocenters. The Morgan fingerprint density at radius 1 is 1.12 bits per heavy atom. The lowest BCUT2D eigenvalue weighted by molar-refractivity contribution is -0.121. The van der Waals surface area contributed by atoms with Gasteiger partial charge in [-0.25, -0.2) is 9.50 Å². The van der Waals surface area contributed by atoms with Crippen LogP contribution in [0.4, 0.5) is 8.78 Å². The lowest BCUT2D eigenvalue weighted by Crippen LogP contribution is -2.29. The summed E-state index contributed by atoms with van der Waals surface area (Å²) in [5.41, 5.74) is 4.99. The van der Waals surface area contributed by atoms with E-state index >= 15 is 0 Å². The minimum atomic E-state index is -2.92. The van der Waals surface area contributed by atoms with Crippen molar-refractivity contribution >= 4 is 22.5 Å². The van der Waals surface area contributed by atoms with E-state index in [1.165, 1.54) is 6.07 Å². The molecule has 2 aromatic heterocycles. The van der Waals surface area contributed by atoms with E-state index in [1.54, 1.807) is 18.2 Å². The van der Waals surface area contributed by atoms with Gasteiger partial charge < -0.3 is 10.1 Å². The monoisotopic (exact) mass is 452 g/mol. The van der Waals surface area contributed by atoms with Crippen molar-refractivity contribution in [1.29, 1.82) is 0 Å². The van der Waals surface area contributed by atoms with E-state index in [-0.39, 0.29) is 18.1 Å². The van der Waals surface area contributed by atoms with Crippen molar-refractivity contribution in [3.05, 3.63) is 71.0 Å². The number of alkyl halides is 2. The summed E-state index contributed by atoms with van der Waals surface area (Å²) < 4.78 is 32.0. The Balaban J connectivity index is 1.51. The van der Waals surface area contributed by atoms with Gasteiger partial charge in [0.2, 0.25) is 5.91 Å². The molecule has 0 radical (unpaired) electrons. The number of para-hydroxylation sites is 1. The minimum Gasteiger partial charge on any atom is -0.434 e. The van der Waals surface area contributed by atoms with Gasteiger partial charge in [-0.15, -0.1) is 0 Å². The van der Waals surface area contributed by atoms with E-state index in [4.69, 9.17) is 4.98 Å². The molecule has 0 aliphatic carbocycles. The second-order valence-corrected chi connectivity index (χ2v) is 7.96. The van der Waals surface area contributed by atoms with Crippen LogP contribution in [-0.2, 0) is 11.2 Å². The van der Waals surface area contributed by atoms with Crippen LogP contribution >= 0.6 is 0 Å².